The topological polar surface area (TPSA) is 0 Å². The van der Waals surface area contributed by atoms with Gasteiger partial charge in [-0.05, 0) is 176 Å². The second-order valence-electron chi connectivity index (χ2n) is 26.2. The van der Waals surface area contributed by atoms with Gasteiger partial charge >= 0.3 is 0 Å². The molecule has 1 aliphatic rings. The van der Waals surface area contributed by atoms with Crippen LogP contribution in [0.5, 0.6) is 0 Å². The molecule has 0 heterocycles. The molecule has 1 aliphatic carbocycles. The van der Waals surface area contributed by atoms with Gasteiger partial charge < -0.3 is 0 Å². The van der Waals surface area contributed by atoms with Gasteiger partial charge in [0.25, 0.3) is 0 Å². The molecule has 0 aliphatic heterocycles. The van der Waals surface area contributed by atoms with Crippen molar-refractivity contribution in [2.75, 3.05) is 0 Å². The van der Waals surface area contributed by atoms with Crippen molar-refractivity contribution in [3.63, 3.8) is 0 Å². The molecular formula is C74H68. The van der Waals surface area contributed by atoms with Gasteiger partial charge in [0.15, 0.2) is 0 Å². The van der Waals surface area contributed by atoms with Gasteiger partial charge in [-0.25, -0.2) is 0 Å². The van der Waals surface area contributed by atoms with Crippen LogP contribution in [0.4, 0.5) is 0 Å². The van der Waals surface area contributed by atoms with Crippen molar-refractivity contribution in [1.82, 2.24) is 0 Å². The SMILES string of the molecule is CC(C)(C)c1ccc(C2c3ccc(-c4ccc5ccc6cc(C(C)(C)C)cc7ccc4c5c67)cc3-c3cc(-c4ccc5ccc6cc(C(C)(C)C)cc7ccc4c5c67)ccc3C2c2ccc(C(C)(C)C)cc2)cc1. The Morgan fingerprint density at radius 2 is 0.554 bits per heavy atom. The maximum atomic E-state index is 2.55. The smallest absolute Gasteiger partial charge is 0.0205 e. The number of benzene rings is 12. The molecule has 0 fully saturated rings. The van der Waals surface area contributed by atoms with E-state index in [1.165, 1.54) is 143 Å². The van der Waals surface area contributed by atoms with Crippen molar-refractivity contribution in [2.45, 2.75) is 117 Å². The number of fused-ring (bicyclic) bond motifs is 3. The van der Waals surface area contributed by atoms with E-state index in [0.717, 1.165) is 0 Å². The highest BCUT2D eigenvalue weighted by molar-refractivity contribution is 6.27. The predicted octanol–water partition coefficient (Wildman–Crippen LogP) is 20.9. The summed E-state index contributed by atoms with van der Waals surface area (Å²) in [5.41, 5.74) is 18.9. The molecule has 0 bridgehead atoms. The van der Waals surface area contributed by atoms with Crippen molar-refractivity contribution in [3.8, 4) is 33.4 Å². The maximum absolute atomic E-state index is 2.55. The highest BCUT2D eigenvalue weighted by Crippen LogP contribution is 2.55. The zero-order chi connectivity index (χ0) is 51.4. The Labute approximate surface area is 438 Å². The number of rotatable bonds is 4. The summed E-state index contributed by atoms with van der Waals surface area (Å²) in [5, 5.41) is 15.9. The minimum atomic E-state index is 0.0547. The van der Waals surface area contributed by atoms with Gasteiger partial charge in [-0.1, -0.05) is 253 Å². The molecule has 0 saturated heterocycles. The van der Waals surface area contributed by atoms with E-state index in [2.05, 4.69) is 265 Å². The Bertz CT molecular complexity index is 3870. The van der Waals surface area contributed by atoms with E-state index in [-0.39, 0.29) is 33.5 Å². The first-order valence-corrected chi connectivity index (χ1v) is 27.1. The summed E-state index contributed by atoms with van der Waals surface area (Å²) in [5.74, 6) is 0.190. The lowest BCUT2D eigenvalue weighted by molar-refractivity contribution is 0.587. The van der Waals surface area contributed by atoms with Crippen molar-refractivity contribution in [2.24, 2.45) is 0 Å². The molecule has 12 aromatic rings. The molecule has 0 N–H and O–H groups in total. The monoisotopic (exact) mass is 957 g/mol. The summed E-state index contributed by atoms with van der Waals surface area (Å²) in [6, 6.07) is 72.2. The Hall–Kier alpha value is -7.28. The van der Waals surface area contributed by atoms with E-state index in [1.807, 2.05) is 0 Å². The normalized spacial score (nSPS) is 15.6. The maximum Gasteiger partial charge on any atom is 0.0205 e. The van der Waals surface area contributed by atoms with E-state index in [4.69, 9.17) is 0 Å². The minimum absolute atomic E-state index is 0.0547. The van der Waals surface area contributed by atoms with Crippen LogP contribution in [0.1, 0.15) is 139 Å². The zero-order valence-electron chi connectivity index (χ0n) is 45.5. The Kier molecular flexibility index (Phi) is 10.1. The van der Waals surface area contributed by atoms with Crippen LogP contribution in [0.15, 0.2) is 182 Å². The average Bonchev–Trinajstić information content (AvgIpc) is 3.39. The minimum Gasteiger partial charge on any atom is -0.0582 e. The van der Waals surface area contributed by atoms with Gasteiger partial charge in [0.05, 0.1) is 0 Å². The third-order valence-corrected chi connectivity index (χ3v) is 17.2. The highest BCUT2D eigenvalue weighted by Gasteiger charge is 2.37. The number of hydrogen-bond acceptors (Lipinski definition) is 0. The van der Waals surface area contributed by atoms with Crippen LogP contribution in [0.3, 0.4) is 0 Å². The van der Waals surface area contributed by atoms with Crippen LogP contribution in [0.2, 0.25) is 0 Å². The summed E-state index contributed by atoms with van der Waals surface area (Å²) in [6.45, 7) is 27.8. The predicted molar refractivity (Wildman–Crippen MR) is 322 cm³/mol. The van der Waals surface area contributed by atoms with Crippen molar-refractivity contribution < 1.29 is 0 Å². The fraction of sp³-hybridized carbons (Fsp3) is 0.243. The lowest BCUT2D eigenvalue weighted by atomic mass is 9.65. The third kappa shape index (κ3) is 7.38. The molecule has 12 aromatic carbocycles. The van der Waals surface area contributed by atoms with Crippen molar-refractivity contribution in [1.29, 1.82) is 0 Å². The lowest BCUT2D eigenvalue weighted by Gasteiger charge is -2.37. The van der Waals surface area contributed by atoms with Gasteiger partial charge in [-0.15, -0.1) is 0 Å². The van der Waals surface area contributed by atoms with E-state index in [0.29, 0.717) is 0 Å². The molecule has 2 atom stereocenters. The molecule has 0 heteroatoms. The third-order valence-electron chi connectivity index (χ3n) is 17.2. The standard InChI is InChI=1S/C74H68/c1-71(2,3)53-27-17-45(18-28-53)69-61-33-23-47(57-31-21-43-13-15-49-37-55(73(7,8)9)39-51-25-35-59(57)67(43)65(49)51)41-63(61)64-42-48(24-34-62(64)70(69)46-19-29-54(30-20-46)72(4,5)6)58-32-22-44-14-16-50-38-56(74(10,11)12)40-52-26-36-60(58)68(44)66(50)52/h13-42,69-70H,1-12H3. The molecule has 2 unspecified atom stereocenters. The molecule has 0 amide bonds. The first-order valence-electron chi connectivity index (χ1n) is 27.1. The lowest BCUT2D eigenvalue weighted by Crippen LogP contribution is -2.21. The zero-order valence-corrected chi connectivity index (χ0v) is 45.5. The molecule has 13 rings (SSSR count). The molecule has 0 aromatic heterocycles. The van der Waals surface area contributed by atoms with Crippen LogP contribution >= 0.6 is 0 Å². The van der Waals surface area contributed by atoms with Gasteiger partial charge in [0.2, 0.25) is 0 Å². The van der Waals surface area contributed by atoms with Crippen molar-refractivity contribution in [3.05, 3.63) is 226 Å². The van der Waals surface area contributed by atoms with E-state index >= 15 is 0 Å². The van der Waals surface area contributed by atoms with Crippen LogP contribution in [0.25, 0.3) is 98.0 Å². The van der Waals surface area contributed by atoms with Gasteiger partial charge in [-0.2, -0.15) is 0 Å². The Balaban J connectivity index is 1.06. The Morgan fingerprint density at radius 1 is 0.243 bits per heavy atom. The van der Waals surface area contributed by atoms with E-state index in [9.17, 15) is 0 Å². The van der Waals surface area contributed by atoms with E-state index < -0.39 is 0 Å². The molecule has 0 nitrogen and oxygen atoms in total. The summed E-state index contributed by atoms with van der Waals surface area (Å²) in [6.07, 6.45) is 0. The molecule has 0 saturated carbocycles. The van der Waals surface area contributed by atoms with Crippen LogP contribution in [-0.4, -0.2) is 0 Å². The fourth-order valence-electron chi connectivity index (χ4n) is 12.9. The van der Waals surface area contributed by atoms with E-state index in [1.54, 1.807) is 0 Å². The summed E-state index contributed by atoms with van der Waals surface area (Å²) >= 11 is 0. The molecule has 0 radical (unpaired) electrons. The van der Waals surface area contributed by atoms with Crippen LogP contribution in [-0.2, 0) is 21.7 Å². The van der Waals surface area contributed by atoms with Gasteiger partial charge in [-0.3, -0.25) is 0 Å². The van der Waals surface area contributed by atoms with Crippen LogP contribution in [0, 0.1) is 0 Å². The molecule has 0 spiro atoms. The largest absolute Gasteiger partial charge is 0.0582 e. The van der Waals surface area contributed by atoms with Crippen molar-refractivity contribution >= 4 is 64.6 Å². The summed E-state index contributed by atoms with van der Waals surface area (Å²) < 4.78 is 0. The first-order chi connectivity index (χ1) is 35.2. The highest BCUT2D eigenvalue weighted by atomic mass is 14.4. The van der Waals surface area contributed by atoms with Gasteiger partial charge in [0, 0.05) is 11.8 Å². The average molecular weight is 957 g/mol. The second-order valence-corrected chi connectivity index (χ2v) is 26.2. The summed E-state index contributed by atoms with van der Waals surface area (Å²) in [4.78, 5) is 0. The quantitative estimate of drug-likeness (QED) is 0.154. The summed E-state index contributed by atoms with van der Waals surface area (Å²) in [7, 11) is 0. The molecular weight excluding hydrogens is 889 g/mol. The fourth-order valence-corrected chi connectivity index (χ4v) is 12.9. The molecule has 364 valence electrons. The molecule has 74 heavy (non-hydrogen) atoms. The Morgan fingerprint density at radius 3 is 0.892 bits per heavy atom. The number of hydrogen-bond donors (Lipinski definition) is 0. The van der Waals surface area contributed by atoms with Gasteiger partial charge in [0.1, 0.15) is 0 Å². The van der Waals surface area contributed by atoms with Crippen LogP contribution < -0.4 is 0 Å². The first kappa shape index (κ1) is 46.5. The second kappa shape index (κ2) is 16.1.